The van der Waals surface area contributed by atoms with Gasteiger partial charge in [-0.15, -0.1) is 0 Å². The predicted octanol–water partition coefficient (Wildman–Crippen LogP) is 2.30. The molecule has 0 radical (unpaired) electrons. The Bertz CT molecular complexity index is 101. The van der Waals surface area contributed by atoms with Crippen LogP contribution in [0.3, 0.4) is 0 Å². The van der Waals surface area contributed by atoms with Gasteiger partial charge in [0.15, 0.2) is 0 Å². The molecule has 1 rings (SSSR count). The van der Waals surface area contributed by atoms with Gasteiger partial charge in [-0.2, -0.15) is 0 Å². The number of rotatable bonds is 4. The van der Waals surface area contributed by atoms with Crippen LogP contribution in [0.5, 0.6) is 0 Å². The van der Waals surface area contributed by atoms with Crippen molar-refractivity contribution in [3.05, 3.63) is 0 Å². The fourth-order valence-electron chi connectivity index (χ4n) is 1.52. The van der Waals surface area contributed by atoms with E-state index in [0.717, 1.165) is 5.92 Å². The molecule has 1 saturated carbocycles. The van der Waals surface area contributed by atoms with Gasteiger partial charge in [-0.05, 0) is 25.2 Å². The summed E-state index contributed by atoms with van der Waals surface area (Å²) in [5.74, 6) is 0.882. The molecule has 0 aliphatic heterocycles. The largest absolute Gasteiger partial charge is 0.325 e. The summed E-state index contributed by atoms with van der Waals surface area (Å²) < 4.78 is 0. The monoisotopic (exact) mass is 141 g/mol. The summed E-state index contributed by atoms with van der Waals surface area (Å²) in [7, 11) is 0. The first-order valence-electron chi connectivity index (χ1n) is 4.49. The van der Waals surface area contributed by atoms with Gasteiger partial charge in [0.05, 0.1) is 0 Å². The van der Waals surface area contributed by atoms with E-state index in [4.69, 9.17) is 5.73 Å². The molecule has 1 aliphatic rings. The van der Waals surface area contributed by atoms with E-state index < -0.39 is 0 Å². The Balaban J connectivity index is 2.21. The van der Waals surface area contributed by atoms with Crippen LogP contribution < -0.4 is 5.73 Å². The van der Waals surface area contributed by atoms with E-state index in [9.17, 15) is 0 Å². The third-order valence-corrected chi connectivity index (χ3v) is 2.74. The van der Waals surface area contributed by atoms with Crippen molar-refractivity contribution in [3.63, 3.8) is 0 Å². The first-order chi connectivity index (χ1) is 4.70. The summed E-state index contributed by atoms with van der Waals surface area (Å²) in [5.41, 5.74) is 6.27. The summed E-state index contributed by atoms with van der Waals surface area (Å²) in [4.78, 5) is 0. The molecule has 0 saturated heterocycles. The van der Waals surface area contributed by atoms with Crippen molar-refractivity contribution in [2.75, 3.05) is 0 Å². The Hall–Kier alpha value is -0.0400. The minimum absolute atomic E-state index is 0.274. The second-order valence-electron chi connectivity index (χ2n) is 3.75. The van der Waals surface area contributed by atoms with Crippen LogP contribution in [0, 0.1) is 5.92 Å². The predicted molar refractivity (Wildman–Crippen MR) is 44.8 cm³/mol. The smallest absolute Gasteiger partial charge is 0.0158 e. The number of hydrogen-bond acceptors (Lipinski definition) is 1. The normalized spacial score (nSPS) is 21.6. The first-order valence-corrected chi connectivity index (χ1v) is 4.49. The van der Waals surface area contributed by atoms with Gasteiger partial charge in [0.1, 0.15) is 0 Å². The lowest BCUT2D eigenvalue weighted by molar-refractivity contribution is 0.399. The molecule has 0 heterocycles. The van der Waals surface area contributed by atoms with Crippen molar-refractivity contribution in [2.24, 2.45) is 11.7 Å². The van der Waals surface area contributed by atoms with E-state index in [1.54, 1.807) is 0 Å². The Kier molecular flexibility index (Phi) is 2.35. The molecule has 0 aromatic rings. The molecule has 0 unspecified atom stereocenters. The lowest BCUT2D eigenvalue weighted by Crippen LogP contribution is -2.24. The Morgan fingerprint density at radius 3 is 2.10 bits per heavy atom. The molecule has 0 amide bonds. The molecule has 2 N–H and O–H groups in total. The van der Waals surface area contributed by atoms with Crippen LogP contribution in [-0.4, -0.2) is 5.54 Å². The maximum Gasteiger partial charge on any atom is 0.0158 e. The SMILES string of the molecule is CCC(CC)CC1(N)CC1. The zero-order chi connectivity index (χ0) is 7.61. The van der Waals surface area contributed by atoms with E-state index in [-0.39, 0.29) is 5.54 Å². The third-order valence-electron chi connectivity index (χ3n) is 2.74. The maximum atomic E-state index is 6.00. The zero-order valence-electron chi connectivity index (χ0n) is 7.19. The van der Waals surface area contributed by atoms with Gasteiger partial charge < -0.3 is 5.73 Å². The van der Waals surface area contributed by atoms with Crippen LogP contribution in [-0.2, 0) is 0 Å². The van der Waals surface area contributed by atoms with Gasteiger partial charge in [0, 0.05) is 5.54 Å². The van der Waals surface area contributed by atoms with Gasteiger partial charge in [-0.25, -0.2) is 0 Å². The van der Waals surface area contributed by atoms with Gasteiger partial charge in [0.2, 0.25) is 0 Å². The molecular formula is C9H19N. The second kappa shape index (κ2) is 2.91. The molecular weight excluding hydrogens is 122 g/mol. The molecule has 1 heteroatoms. The Labute approximate surface area is 64.0 Å². The van der Waals surface area contributed by atoms with Crippen LogP contribution in [0.25, 0.3) is 0 Å². The highest BCUT2D eigenvalue weighted by atomic mass is 14.8. The number of hydrogen-bond donors (Lipinski definition) is 1. The lowest BCUT2D eigenvalue weighted by Gasteiger charge is -2.16. The second-order valence-corrected chi connectivity index (χ2v) is 3.75. The van der Waals surface area contributed by atoms with Gasteiger partial charge in [-0.1, -0.05) is 26.7 Å². The van der Waals surface area contributed by atoms with Crippen molar-refractivity contribution in [2.45, 2.75) is 51.5 Å². The summed E-state index contributed by atoms with van der Waals surface area (Å²) in [5, 5.41) is 0. The van der Waals surface area contributed by atoms with Crippen LogP contribution >= 0.6 is 0 Å². The molecule has 60 valence electrons. The highest BCUT2D eigenvalue weighted by Crippen LogP contribution is 2.39. The van der Waals surface area contributed by atoms with Crippen LogP contribution in [0.15, 0.2) is 0 Å². The Morgan fingerprint density at radius 1 is 1.30 bits per heavy atom. The minimum atomic E-state index is 0.274. The summed E-state index contributed by atoms with van der Waals surface area (Å²) in [6.45, 7) is 4.53. The first kappa shape index (κ1) is 8.06. The zero-order valence-corrected chi connectivity index (χ0v) is 7.19. The van der Waals surface area contributed by atoms with Crippen LogP contribution in [0.1, 0.15) is 46.0 Å². The van der Waals surface area contributed by atoms with E-state index in [1.165, 1.54) is 32.1 Å². The van der Waals surface area contributed by atoms with E-state index in [0.29, 0.717) is 0 Å². The molecule has 10 heavy (non-hydrogen) atoms. The standard InChI is InChI=1S/C9H19N/c1-3-8(4-2)7-9(10)5-6-9/h8H,3-7,10H2,1-2H3. The molecule has 1 nitrogen and oxygen atoms in total. The average molecular weight is 141 g/mol. The maximum absolute atomic E-state index is 6.00. The molecule has 0 aromatic heterocycles. The minimum Gasteiger partial charge on any atom is -0.325 e. The summed E-state index contributed by atoms with van der Waals surface area (Å²) in [6, 6.07) is 0. The summed E-state index contributed by atoms with van der Waals surface area (Å²) >= 11 is 0. The molecule has 0 atom stereocenters. The number of nitrogens with two attached hydrogens (primary N) is 1. The fourth-order valence-corrected chi connectivity index (χ4v) is 1.52. The third kappa shape index (κ3) is 1.98. The van der Waals surface area contributed by atoms with E-state index in [1.807, 2.05) is 0 Å². The molecule has 1 aliphatic carbocycles. The average Bonchev–Trinajstić information content (AvgIpc) is 2.64. The van der Waals surface area contributed by atoms with Crippen molar-refractivity contribution < 1.29 is 0 Å². The van der Waals surface area contributed by atoms with Gasteiger partial charge >= 0.3 is 0 Å². The van der Waals surface area contributed by atoms with Crippen LogP contribution in [0.4, 0.5) is 0 Å². The lowest BCUT2D eigenvalue weighted by atomic mass is 9.94. The highest BCUT2D eigenvalue weighted by molar-refractivity contribution is 4.99. The topological polar surface area (TPSA) is 26.0 Å². The van der Waals surface area contributed by atoms with E-state index >= 15 is 0 Å². The fraction of sp³-hybridized carbons (Fsp3) is 1.00. The van der Waals surface area contributed by atoms with Crippen LogP contribution in [0.2, 0.25) is 0 Å². The van der Waals surface area contributed by atoms with Crippen molar-refractivity contribution in [1.29, 1.82) is 0 Å². The summed E-state index contributed by atoms with van der Waals surface area (Å²) in [6.07, 6.45) is 6.40. The molecule has 0 aromatic carbocycles. The van der Waals surface area contributed by atoms with Gasteiger partial charge in [0.25, 0.3) is 0 Å². The van der Waals surface area contributed by atoms with Crippen molar-refractivity contribution in [3.8, 4) is 0 Å². The highest BCUT2D eigenvalue weighted by Gasteiger charge is 2.38. The quantitative estimate of drug-likeness (QED) is 0.638. The molecule has 0 bridgehead atoms. The van der Waals surface area contributed by atoms with Gasteiger partial charge in [-0.3, -0.25) is 0 Å². The van der Waals surface area contributed by atoms with Crippen molar-refractivity contribution >= 4 is 0 Å². The van der Waals surface area contributed by atoms with E-state index in [2.05, 4.69) is 13.8 Å². The Morgan fingerprint density at radius 2 is 1.80 bits per heavy atom. The molecule has 1 fully saturated rings. The molecule has 0 spiro atoms. The van der Waals surface area contributed by atoms with Crippen molar-refractivity contribution in [1.82, 2.24) is 0 Å².